The molecule has 0 unspecified atom stereocenters. The highest BCUT2D eigenvalue weighted by atomic mass is 32.1. The molecule has 9 heavy (non-hydrogen) atoms. The van der Waals surface area contributed by atoms with Gasteiger partial charge < -0.3 is 10.5 Å². The molecule has 1 aliphatic heterocycles. The Balaban J connectivity index is 2.28. The highest BCUT2D eigenvalue weighted by Gasteiger charge is 2.05. The summed E-state index contributed by atoms with van der Waals surface area (Å²) in [7, 11) is 0. The topological polar surface area (TPSA) is 50.8 Å². The van der Waals surface area contributed by atoms with Gasteiger partial charge in [-0.25, -0.2) is 0 Å². The Kier molecular flexibility index (Phi) is 1.84. The first-order chi connectivity index (χ1) is 4.29. The van der Waals surface area contributed by atoms with E-state index < -0.39 is 0 Å². The molecule has 0 aromatic carbocycles. The van der Waals surface area contributed by atoms with Crippen LogP contribution in [0, 0.1) is 0 Å². The van der Waals surface area contributed by atoms with Crippen molar-refractivity contribution >= 4 is 23.6 Å². The van der Waals surface area contributed by atoms with Crippen LogP contribution >= 0.6 is 12.2 Å². The molecule has 1 aliphatic rings. The van der Waals surface area contributed by atoms with Crippen LogP contribution in [0.4, 0.5) is 0 Å². The molecule has 0 amide bonds. The molecule has 1 heterocycles. The van der Waals surface area contributed by atoms with E-state index in [2.05, 4.69) is 17.3 Å². The molecule has 0 atom stereocenters. The fourth-order valence-electron chi connectivity index (χ4n) is 0.519. The third kappa shape index (κ3) is 1.85. The molecule has 0 bridgehead atoms. The lowest BCUT2D eigenvalue weighted by Crippen LogP contribution is -2.27. The Bertz CT molecular complexity index is 147. The van der Waals surface area contributed by atoms with Gasteiger partial charge in [-0.2, -0.15) is 0 Å². The Morgan fingerprint density at radius 2 is 2.78 bits per heavy atom. The van der Waals surface area contributed by atoms with Gasteiger partial charge in [0.1, 0.15) is 0 Å². The van der Waals surface area contributed by atoms with Crippen LogP contribution < -0.4 is 5.73 Å². The summed E-state index contributed by atoms with van der Waals surface area (Å²) in [5.41, 5.74) is 5.23. The zero-order valence-corrected chi connectivity index (χ0v) is 5.60. The average Bonchev–Trinajstić information content (AvgIpc) is 2.15. The number of hydrogen-bond acceptors (Lipinski definition) is 4. The Morgan fingerprint density at radius 3 is 3.22 bits per heavy atom. The smallest absolute Gasteiger partial charge is 0.195 e. The first kappa shape index (κ1) is 6.28. The summed E-state index contributed by atoms with van der Waals surface area (Å²) in [6.07, 6.45) is 1.37. The molecule has 0 saturated heterocycles. The maximum Gasteiger partial charge on any atom is 0.195 e. The minimum Gasteiger partial charge on any atom is -0.460 e. The molecule has 0 saturated carbocycles. The standard InChI is InChI=1S/C4H7N3OS/c5-4(9)1-7-3-8-2-6-7/h2H,1,3H2,(H2,5,9). The highest BCUT2D eigenvalue weighted by molar-refractivity contribution is 7.80. The molecule has 0 aromatic heterocycles. The van der Waals surface area contributed by atoms with E-state index in [1.165, 1.54) is 6.40 Å². The molecule has 0 radical (unpaired) electrons. The van der Waals surface area contributed by atoms with Gasteiger partial charge in [-0.3, -0.25) is 5.01 Å². The van der Waals surface area contributed by atoms with Crippen molar-refractivity contribution < 1.29 is 4.74 Å². The summed E-state index contributed by atoms with van der Waals surface area (Å²) in [6, 6.07) is 0. The van der Waals surface area contributed by atoms with Crippen molar-refractivity contribution in [3.8, 4) is 0 Å². The predicted molar refractivity (Wildman–Crippen MR) is 37.9 cm³/mol. The SMILES string of the molecule is NC(=S)CN1COC=N1. The second-order valence-electron chi connectivity index (χ2n) is 1.65. The average molecular weight is 145 g/mol. The molecule has 2 N–H and O–H groups in total. The number of ether oxygens (including phenoxy) is 1. The monoisotopic (exact) mass is 145 g/mol. The van der Waals surface area contributed by atoms with E-state index in [9.17, 15) is 0 Å². The van der Waals surface area contributed by atoms with Gasteiger partial charge in [0.25, 0.3) is 0 Å². The van der Waals surface area contributed by atoms with Crippen LogP contribution in [0.1, 0.15) is 0 Å². The van der Waals surface area contributed by atoms with Gasteiger partial charge in [-0.1, -0.05) is 12.2 Å². The lowest BCUT2D eigenvalue weighted by molar-refractivity contribution is 0.191. The van der Waals surface area contributed by atoms with Crippen molar-refractivity contribution in [1.82, 2.24) is 5.01 Å². The van der Waals surface area contributed by atoms with E-state index in [1.807, 2.05) is 0 Å². The van der Waals surface area contributed by atoms with Gasteiger partial charge >= 0.3 is 0 Å². The van der Waals surface area contributed by atoms with Crippen LogP contribution in [0.2, 0.25) is 0 Å². The molecule has 1 rings (SSSR count). The lowest BCUT2D eigenvalue weighted by atomic mass is 10.6. The summed E-state index contributed by atoms with van der Waals surface area (Å²) in [4.78, 5) is 0.428. The van der Waals surface area contributed by atoms with Crippen LogP contribution in [0.5, 0.6) is 0 Å². The van der Waals surface area contributed by atoms with Gasteiger partial charge in [0.2, 0.25) is 0 Å². The van der Waals surface area contributed by atoms with Gasteiger partial charge in [0.05, 0.1) is 11.5 Å². The van der Waals surface area contributed by atoms with Crippen molar-refractivity contribution in [2.75, 3.05) is 13.3 Å². The van der Waals surface area contributed by atoms with Gasteiger partial charge in [0.15, 0.2) is 13.1 Å². The third-order valence-electron chi connectivity index (χ3n) is 0.847. The second-order valence-corrected chi connectivity index (χ2v) is 2.17. The molecular weight excluding hydrogens is 138 g/mol. The predicted octanol–water partition coefficient (Wildman–Crippen LogP) is -0.495. The molecule has 5 heteroatoms. The lowest BCUT2D eigenvalue weighted by Gasteiger charge is -2.08. The normalized spacial score (nSPS) is 15.8. The first-order valence-electron chi connectivity index (χ1n) is 2.46. The molecule has 50 valence electrons. The van der Waals surface area contributed by atoms with Gasteiger partial charge in [-0.15, -0.1) is 5.10 Å². The summed E-state index contributed by atoms with van der Waals surface area (Å²) in [5, 5.41) is 5.44. The number of nitrogens with two attached hydrogens (primary N) is 1. The number of hydrogen-bond donors (Lipinski definition) is 1. The van der Waals surface area contributed by atoms with E-state index in [0.29, 0.717) is 18.3 Å². The van der Waals surface area contributed by atoms with E-state index >= 15 is 0 Å². The zero-order valence-electron chi connectivity index (χ0n) is 4.78. The molecule has 0 spiro atoms. The summed E-state index contributed by atoms with van der Waals surface area (Å²) >= 11 is 4.64. The van der Waals surface area contributed by atoms with E-state index in [-0.39, 0.29) is 0 Å². The summed E-state index contributed by atoms with van der Waals surface area (Å²) < 4.78 is 4.78. The van der Waals surface area contributed by atoms with Crippen molar-refractivity contribution in [2.45, 2.75) is 0 Å². The van der Waals surface area contributed by atoms with Crippen molar-refractivity contribution in [3.63, 3.8) is 0 Å². The highest BCUT2D eigenvalue weighted by Crippen LogP contribution is 1.94. The number of thiocarbonyl (C=S) groups is 1. The van der Waals surface area contributed by atoms with E-state index in [4.69, 9.17) is 10.5 Å². The van der Waals surface area contributed by atoms with Crippen molar-refractivity contribution in [3.05, 3.63) is 0 Å². The van der Waals surface area contributed by atoms with Crippen molar-refractivity contribution in [1.29, 1.82) is 0 Å². The molecule has 4 nitrogen and oxygen atoms in total. The molecule has 0 fully saturated rings. The minimum atomic E-state index is 0.428. The molecule has 0 aromatic rings. The van der Waals surface area contributed by atoms with Gasteiger partial charge in [-0.05, 0) is 0 Å². The minimum absolute atomic E-state index is 0.428. The molecular formula is C4H7N3OS. The van der Waals surface area contributed by atoms with Crippen LogP contribution in [0.3, 0.4) is 0 Å². The van der Waals surface area contributed by atoms with E-state index in [1.54, 1.807) is 5.01 Å². The van der Waals surface area contributed by atoms with Crippen LogP contribution in [0.15, 0.2) is 5.10 Å². The Hall–Kier alpha value is -0.840. The Morgan fingerprint density at radius 1 is 2.00 bits per heavy atom. The maximum atomic E-state index is 5.23. The quantitative estimate of drug-likeness (QED) is 0.532. The summed E-state index contributed by atoms with van der Waals surface area (Å²) in [6.45, 7) is 0.948. The van der Waals surface area contributed by atoms with Gasteiger partial charge in [0, 0.05) is 0 Å². The number of hydrazone groups is 1. The second kappa shape index (κ2) is 2.63. The number of nitrogens with zero attached hydrogens (tertiary/aromatic N) is 2. The third-order valence-corrected chi connectivity index (χ3v) is 0.976. The van der Waals surface area contributed by atoms with Crippen LogP contribution in [-0.4, -0.2) is 29.7 Å². The zero-order chi connectivity index (χ0) is 6.69. The van der Waals surface area contributed by atoms with Crippen LogP contribution in [-0.2, 0) is 4.74 Å². The summed E-state index contributed by atoms with van der Waals surface area (Å²) in [5.74, 6) is 0. The first-order valence-corrected chi connectivity index (χ1v) is 2.87. The molecule has 0 aliphatic carbocycles. The van der Waals surface area contributed by atoms with Crippen molar-refractivity contribution in [2.24, 2.45) is 10.8 Å². The van der Waals surface area contributed by atoms with E-state index in [0.717, 1.165) is 0 Å². The maximum absolute atomic E-state index is 5.23. The fraction of sp³-hybridized carbons (Fsp3) is 0.500. The Labute approximate surface area is 58.3 Å². The largest absolute Gasteiger partial charge is 0.460 e. The number of rotatable bonds is 2. The van der Waals surface area contributed by atoms with Crippen LogP contribution in [0.25, 0.3) is 0 Å². The fourth-order valence-corrected chi connectivity index (χ4v) is 0.668.